The van der Waals surface area contributed by atoms with Crippen LogP contribution in [-0.2, 0) is 22.4 Å². The third kappa shape index (κ3) is 7.96. The van der Waals surface area contributed by atoms with Gasteiger partial charge in [0.05, 0.1) is 0 Å². The summed E-state index contributed by atoms with van der Waals surface area (Å²) in [5.41, 5.74) is 6.97. The lowest BCUT2D eigenvalue weighted by Crippen LogP contribution is -2.32. The van der Waals surface area contributed by atoms with E-state index in [1.54, 1.807) is 12.1 Å². The van der Waals surface area contributed by atoms with Crippen LogP contribution < -0.4 is 5.73 Å². The summed E-state index contributed by atoms with van der Waals surface area (Å²) in [5.74, 6) is -2.08. The number of phenolic OH excluding ortho intramolecular Hbond substituents is 1. The summed E-state index contributed by atoms with van der Waals surface area (Å²) in [4.78, 5) is 20.6. The number of carbonyl (C=O) groups is 2. The standard InChI is InChI=1S/C9H11NO2.C9H10O4/c10-8(9(11)12)6-7-4-2-1-3-5-7;10-7-3-1-6(2-4-7)5-8(11)9(12)13/h1-5,8H,6,10H2,(H,11,12);1-4,8,10-11H,5H2,(H,12,13)/t8-;/m0./s1. The van der Waals surface area contributed by atoms with Gasteiger partial charge in [-0.1, -0.05) is 42.5 Å². The molecule has 6 N–H and O–H groups in total. The molecule has 0 bridgehead atoms. The van der Waals surface area contributed by atoms with Crippen LogP contribution in [0.5, 0.6) is 5.75 Å². The van der Waals surface area contributed by atoms with Gasteiger partial charge in [-0.3, -0.25) is 4.79 Å². The second-order valence-electron chi connectivity index (χ2n) is 5.36. The topological polar surface area (TPSA) is 141 Å². The lowest BCUT2D eigenvalue weighted by molar-refractivity contribution is -0.146. The Morgan fingerprint density at radius 3 is 1.84 bits per heavy atom. The maximum Gasteiger partial charge on any atom is 0.332 e. The van der Waals surface area contributed by atoms with Crippen LogP contribution >= 0.6 is 0 Å². The molecule has 2 atom stereocenters. The molecule has 0 saturated heterocycles. The quantitative estimate of drug-likeness (QED) is 0.525. The van der Waals surface area contributed by atoms with Crippen LogP contribution in [0.15, 0.2) is 54.6 Å². The van der Waals surface area contributed by atoms with Crippen molar-refractivity contribution in [2.24, 2.45) is 5.73 Å². The molecular formula is C18H21NO6. The molecule has 25 heavy (non-hydrogen) atoms. The van der Waals surface area contributed by atoms with Crippen LogP contribution in [-0.4, -0.2) is 44.5 Å². The molecule has 0 heterocycles. The lowest BCUT2D eigenvalue weighted by atomic mass is 10.1. The Hall–Kier alpha value is -2.90. The molecule has 0 amide bonds. The number of aliphatic carboxylic acids is 2. The van der Waals surface area contributed by atoms with Crippen molar-refractivity contribution in [1.29, 1.82) is 0 Å². The van der Waals surface area contributed by atoms with Crippen molar-refractivity contribution < 1.29 is 30.0 Å². The Bertz CT molecular complexity index is 672. The number of phenols is 1. The second kappa shape index (κ2) is 10.1. The molecule has 1 unspecified atom stereocenters. The average Bonchev–Trinajstić information content (AvgIpc) is 2.58. The van der Waals surface area contributed by atoms with Crippen LogP contribution in [0.4, 0.5) is 0 Å². The first-order chi connectivity index (χ1) is 11.8. The number of aromatic hydroxyl groups is 1. The minimum absolute atomic E-state index is 0.0512. The molecule has 134 valence electrons. The number of aliphatic hydroxyl groups excluding tert-OH is 1. The molecule has 0 aromatic heterocycles. The zero-order valence-corrected chi connectivity index (χ0v) is 13.4. The molecule has 2 rings (SSSR count). The summed E-state index contributed by atoms with van der Waals surface area (Å²) in [6.07, 6.45) is -0.948. The first-order valence-corrected chi connectivity index (χ1v) is 7.50. The number of carboxylic acid groups (broad SMARTS) is 2. The van der Waals surface area contributed by atoms with E-state index >= 15 is 0 Å². The maximum absolute atomic E-state index is 10.4. The molecule has 0 aliphatic rings. The van der Waals surface area contributed by atoms with Gasteiger partial charge >= 0.3 is 11.9 Å². The van der Waals surface area contributed by atoms with Gasteiger partial charge in [0.1, 0.15) is 11.8 Å². The van der Waals surface area contributed by atoms with Crippen LogP contribution in [0, 0.1) is 0 Å². The third-order valence-corrected chi connectivity index (χ3v) is 3.27. The van der Waals surface area contributed by atoms with Gasteiger partial charge in [0.15, 0.2) is 6.10 Å². The molecule has 0 saturated carbocycles. The van der Waals surface area contributed by atoms with Crippen molar-refractivity contribution >= 4 is 11.9 Å². The van der Waals surface area contributed by atoms with Gasteiger partial charge in [0.25, 0.3) is 0 Å². The van der Waals surface area contributed by atoms with E-state index in [0.717, 1.165) is 5.56 Å². The van der Waals surface area contributed by atoms with Crippen molar-refractivity contribution in [2.75, 3.05) is 0 Å². The van der Waals surface area contributed by atoms with Crippen LogP contribution in [0.25, 0.3) is 0 Å². The highest BCUT2D eigenvalue weighted by molar-refractivity contribution is 5.73. The molecule has 2 aromatic rings. The monoisotopic (exact) mass is 347 g/mol. The van der Waals surface area contributed by atoms with Crippen molar-refractivity contribution in [3.63, 3.8) is 0 Å². The Kier molecular flexibility index (Phi) is 8.11. The molecule has 7 nitrogen and oxygen atoms in total. The molecule has 2 aromatic carbocycles. The molecule has 0 radical (unpaired) electrons. The van der Waals surface area contributed by atoms with Crippen LogP contribution in [0.2, 0.25) is 0 Å². The smallest absolute Gasteiger partial charge is 0.332 e. The number of aliphatic hydroxyl groups is 1. The minimum Gasteiger partial charge on any atom is -0.508 e. The fourth-order valence-corrected chi connectivity index (χ4v) is 1.90. The van der Waals surface area contributed by atoms with Crippen molar-refractivity contribution in [2.45, 2.75) is 25.0 Å². The van der Waals surface area contributed by atoms with E-state index in [4.69, 9.17) is 26.2 Å². The number of nitrogens with two attached hydrogens (primary N) is 1. The van der Waals surface area contributed by atoms with E-state index in [-0.39, 0.29) is 12.2 Å². The van der Waals surface area contributed by atoms with E-state index in [1.807, 2.05) is 30.3 Å². The fraction of sp³-hybridized carbons (Fsp3) is 0.222. The minimum atomic E-state index is -1.38. The number of benzene rings is 2. The van der Waals surface area contributed by atoms with E-state index in [9.17, 15) is 9.59 Å². The van der Waals surface area contributed by atoms with Gasteiger partial charge < -0.3 is 26.2 Å². The van der Waals surface area contributed by atoms with Crippen molar-refractivity contribution in [1.82, 2.24) is 0 Å². The van der Waals surface area contributed by atoms with Crippen molar-refractivity contribution in [3.8, 4) is 5.75 Å². The normalized spacial score (nSPS) is 12.4. The highest BCUT2D eigenvalue weighted by Crippen LogP contribution is 2.11. The summed E-state index contributed by atoms with van der Waals surface area (Å²) in [7, 11) is 0. The molecule has 0 aliphatic heterocycles. The summed E-state index contributed by atoms with van der Waals surface area (Å²) < 4.78 is 0. The number of hydrogen-bond acceptors (Lipinski definition) is 5. The number of carboxylic acids is 2. The Balaban J connectivity index is 0.000000251. The van der Waals surface area contributed by atoms with Crippen LogP contribution in [0.1, 0.15) is 11.1 Å². The van der Waals surface area contributed by atoms with E-state index < -0.39 is 24.1 Å². The van der Waals surface area contributed by atoms with Gasteiger partial charge in [-0.15, -0.1) is 0 Å². The SMILES string of the molecule is N[C@@H](Cc1ccccc1)C(=O)O.O=C(O)C(O)Cc1ccc(O)cc1. The van der Waals surface area contributed by atoms with Crippen molar-refractivity contribution in [3.05, 3.63) is 65.7 Å². The summed E-state index contributed by atoms with van der Waals surface area (Å²) in [5, 5.41) is 34.8. The second-order valence-corrected chi connectivity index (χ2v) is 5.36. The Morgan fingerprint density at radius 1 is 0.840 bits per heavy atom. The summed E-state index contributed by atoms with van der Waals surface area (Å²) in [6, 6.07) is 14.6. The summed E-state index contributed by atoms with van der Waals surface area (Å²) in [6.45, 7) is 0. The molecule has 0 fully saturated rings. The summed E-state index contributed by atoms with van der Waals surface area (Å²) >= 11 is 0. The lowest BCUT2D eigenvalue weighted by Gasteiger charge is -2.04. The maximum atomic E-state index is 10.4. The molecule has 7 heteroatoms. The van der Waals surface area contributed by atoms with Gasteiger partial charge in [0, 0.05) is 6.42 Å². The Labute approximate surface area is 145 Å². The highest BCUT2D eigenvalue weighted by atomic mass is 16.4. The van der Waals surface area contributed by atoms with E-state index in [0.29, 0.717) is 12.0 Å². The number of hydrogen-bond donors (Lipinski definition) is 5. The molecular weight excluding hydrogens is 326 g/mol. The van der Waals surface area contributed by atoms with Gasteiger partial charge in [-0.2, -0.15) is 0 Å². The highest BCUT2D eigenvalue weighted by Gasteiger charge is 2.13. The average molecular weight is 347 g/mol. The van der Waals surface area contributed by atoms with E-state index in [1.165, 1.54) is 12.1 Å². The first-order valence-electron chi connectivity index (χ1n) is 7.50. The molecule has 0 aliphatic carbocycles. The van der Waals surface area contributed by atoms with E-state index in [2.05, 4.69) is 0 Å². The number of rotatable bonds is 6. The van der Waals surface area contributed by atoms with Crippen LogP contribution in [0.3, 0.4) is 0 Å². The predicted molar refractivity (Wildman–Crippen MR) is 91.2 cm³/mol. The first kappa shape index (κ1) is 20.1. The fourth-order valence-electron chi connectivity index (χ4n) is 1.90. The van der Waals surface area contributed by atoms with Gasteiger partial charge in [-0.25, -0.2) is 4.79 Å². The predicted octanol–water partition coefficient (Wildman–Crippen LogP) is 1.02. The van der Waals surface area contributed by atoms with Gasteiger partial charge in [-0.05, 0) is 29.7 Å². The van der Waals surface area contributed by atoms with Gasteiger partial charge in [0.2, 0.25) is 0 Å². The third-order valence-electron chi connectivity index (χ3n) is 3.27. The largest absolute Gasteiger partial charge is 0.508 e. The Morgan fingerprint density at radius 2 is 1.36 bits per heavy atom. The zero-order chi connectivity index (χ0) is 18.8. The molecule has 0 spiro atoms. The zero-order valence-electron chi connectivity index (χ0n) is 13.4.